The summed E-state index contributed by atoms with van der Waals surface area (Å²) < 4.78 is 0. The van der Waals surface area contributed by atoms with Gasteiger partial charge in [-0.25, -0.2) is 4.98 Å². The molecule has 0 spiro atoms. The second-order valence-electron chi connectivity index (χ2n) is 4.31. The second-order valence-corrected chi connectivity index (χ2v) is 6.62. The maximum Gasteiger partial charge on any atom is 0.0954 e. The van der Waals surface area contributed by atoms with Crippen LogP contribution in [0.4, 0.5) is 5.69 Å². The van der Waals surface area contributed by atoms with E-state index >= 15 is 0 Å². The van der Waals surface area contributed by atoms with Crippen LogP contribution in [0.1, 0.15) is 30.5 Å². The van der Waals surface area contributed by atoms with Gasteiger partial charge >= 0.3 is 0 Å². The fraction of sp³-hybridized carbons (Fsp3) is 0.308. The molecule has 0 unspecified atom stereocenters. The Morgan fingerprint density at radius 2 is 2.22 bits per heavy atom. The molecule has 0 aliphatic heterocycles. The molecule has 18 heavy (non-hydrogen) atoms. The first-order valence-electron chi connectivity index (χ1n) is 5.68. The van der Waals surface area contributed by atoms with E-state index in [-0.39, 0.29) is 0 Å². The number of anilines is 1. The van der Waals surface area contributed by atoms with Gasteiger partial charge in [0.05, 0.1) is 15.7 Å². The molecular formula is C13H15ClN2S2. The summed E-state index contributed by atoms with van der Waals surface area (Å²) in [6, 6.07) is 5.61. The van der Waals surface area contributed by atoms with E-state index in [1.54, 1.807) is 29.2 Å². The summed E-state index contributed by atoms with van der Waals surface area (Å²) in [5.41, 5.74) is 7.47. The molecule has 2 nitrogen and oxygen atoms in total. The van der Waals surface area contributed by atoms with Crippen molar-refractivity contribution in [3.63, 3.8) is 0 Å². The smallest absolute Gasteiger partial charge is 0.0954 e. The highest BCUT2D eigenvalue weighted by Gasteiger charge is 2.07. The number of thiazole rings is 1. The van der Waals surface area contributed by atoms with E-state index in [0.29, 0.717) is 16.6 Å². The zero-order valence-corrected chi connectivity index (χ0v) is 12.7. The number of nitrogens with zero attached hydrogens (tertiary/aromatic N) is 1. The molecule has 1 aromatic heterocycles. The Kier molecular flexibility index (Phi) is 4.54. The molecule has 0 aliphatic carbocycles. The molecule has 0 fully saturated rings. The van der Waals surface area contributed by atoms with E-state index in [4.69, 9.17) is 17.3 Å². The van der Waals surface area contributed by atoms with Crippen molar-refractivity contribution in [3.8, 4) is 0 Å². The van der Waals surface area contributed by atoms with E-state index < -0.39 is 0 Å². The fourth-order valence-corrected chi connectivity index (χ4v) is 3.55. The Morgan fingerprint density at radius 1 is 1.44 bits per heavy atom. The number of halogens is 1. The van der Waals surface area contributed by atoms with E-state index in [9.17, 15) is 0 Å². The highest BCUT2D eigenvalue weighted by atomic mass is 35.5. The summed E-state index contributed by atoms with van der Waals surface area (Å²) in [6.07, 6.45) is 0. The Balaban J connectivity index is 2.02. The molecule has 0 atom stereocenters. The molecule has 2 N–H and O–H groups in total. The van der Waals surface area contributed by atoms with Gasteiger partial charge in [-0.05, 0) is 18.2 Å². The Morgan fingerprint density at radius 3 is 2.83 bits per heavy atom. The van der Waals surface area contributed by atoms with E-state index in [2.05, 4.69) is 24.2 Å². The van der Waals surface area contributed by atoms with Gasteiger partial charge in [0, 0.05) is 27.6 Å². The maximum absolute atomic E-state index is 6.13. The van der Waals surface area contributed by atoms with Crippen molar-refractivity contribution in [1.29, 1.82) is 0 Å². The molecule has 2 rings (SSSR count). The highest BCUT2D eigenvalue weighted by molar-refractivity contribution is 7.98. The van der Waals surface area contributed by atoms with Crippen LogP contribution in [0.5, 0.6) is 0 Å². The van der Waals surface area contributed by atoms with Crippen molar-refractivity contribution < 1.29 is 0 Å². The second kappa shape index (κ2) is 5.95. The van der Waals surface area contributed by atoms with Crippen molar-refractivity contribution in [2.45, 2.75) is 30.4 Å². The standard InChI is InChI=1S/C13H15ClN2S2/c1-8(2)13-16-10(7-18-13)6-17-12-4-3-9(15)5-11(12)14/h3-5,7-8H,6,15H2,1-2H3. The lowest BCUT2D eigenvalue weighted by molar-refractivity contribution is 0.846. The number of nitrogens with two attached hydrogens (primary N) is 1. The van der Waals surface area contributed by atoms with Gasteiger partial charge in [0.15, 0.2) is 0 Å². The van der Waals surface area contributed by atoms with Gasteiger partial charge in [0.25, 0.3) is 0 Å². The fourth-order valence-electron chi connectivity index (χ4n) is 1.44. The van der Waals surface area contributed by atoms with Crippen LogP contribution in [0.3, 0.4) is 0 Å². The van der Waals surface area contributed by atoms with Crippen LogP contribution in [0.2, 0.25) is 5.02 Å². The number of rotatable bonds is 4. The lowest BCUT2D eigenvalue weighted by atomic mass is 10.2. The van der Waals surface area contributed by atoms with Crippen molar-refractivity contribution >= 4 is 40.4 Å². The van der Waals surface area contributed by atoms with Crippen LogP contribution in [-0.4, -0.2) is 4.98 Å². The van der Waals surface area contributed by atoms with Gasteiger partial charge < -0.3 is 5.73 Å². The minimum absolute atomic E-state index is 0.494. The number of benzene rings is 1. The summed E-state index contributed by atoms with van der Waals surface area (Å²) in [7, 11) is 0. The van der Waals surface area contributed by atoms with Crippen LogP contribution in [0.15, 0.2) is 28.5 Å². The van der Waals surface area contributed by atoms with E-state index in [1.807, 2.05) is 12.1 Å². The van der Waals surface area contributed by atoms with Crippen molar-refractivity contribution in [1.82, 2.24) is 4.98 Å². The summed E-state index contributed by atoms with van der Waals surface area (Å²) in [5.74, 6) is 1.33. The van der Waals surface area contributed by atoms with Crippen molar-refractivity contribution in [2.75, 3.05) is 5.73 Å². The first kappa shape index (κ1) is 13.7. The van der Waals surface area contributed by atoms with Crippen molar-refractivity contribution in [2.24, 2.45) is 0 Å². The largest absolute Gasteiger partial charge is 0.399 e. The third-order valence-corrected chi connectivity index (χ3v) is 5.12. The molecule has 0 aliphatic rings. The minimum atomic E-state index is 0.494. The molecule has 0 bridgehead atoms. The van der Waals surface area contributed by atoms with Crippen LogP contribution < -0.4 is 5.73 Å². The highest BCUT2D eigenvalue weighted by Crippen LogP contribution is 2.31. The molecule has 1 aromatic carbocycles. The van der Waals surface area contributed by atoms with Gasteiger partial charge in [0.1, 0.15) is 0 Å². The predicted octanol–water partition coefficient (Wildman–Crippen LogP) is 4.79. The molecule has 2 aromatic rings. The predicted molar refractivity (Wildman–Crippen MR) is 81.6 cm³/mol. The van der Waals surface area contributed by atoms with E-state index in [0.717, 1.165) is 16.3 Å². The van der Waals surface area contributed by atoms with E-state index in [1.165, 1.54) is 5.01 Å². The summed E-state index contributed by atoms with van der Waals surface area (Å²) in [4.78, 5) is 5.65. The Labute approximate surface area is 121 Å². The van der Waals surface area contributed by atoms with Crippen LogP contribution >= 0.6 is 34.7 Å². The van der Waals surface area contributed by atoms with Gasteiger partial charge in [0.2, 0.25) is 0 Å². The lowest BCUT2D eigenvalue weighted by Crippen LogP contribution is -1.88. The average Bonchev–Trinajstić information content (AvgIpc) is 2.76. The lowest BCUT2D eigenvalue weighted by Gasteiger charge is -2.03. The third kappa shape index (κ3) is 3.40. The molecule has 96 valence electrons. The van der Waals surface area contributed by atoms with Crippen LogP contribution in [-0.2, 0) is 5.75 Å². The van der Waals surface area contributed by atoms with Gasteiger partial charge in [-0.1, -0.05) is 25.4 Å². The van der Waals surface area contributed by atoms with Crippen LogP contribution in [0, 0.1) is 0 Å². The Hall–Kier alpha value is -0.710. The number of hydrogen-bond acceptors (Lipinski definition) is 4. The first-order valence-corrected chi connectivity index (χ1v) is 7.92. The average molecular weight is 299 g/mol. The quantitative estimate of drug-likeness (QED) is 0.651. The molecule has 5 heteroatoms. The number of aromatic nitrogens is 1. The molecule has 0 amide bonds. The summed E-state index contributed by atoms with van der Waals surface area (Å²) >= 11 is 9.55. The van der Waals surface area contributed by atoms with Gasteiger partial charge in [-0.2, -0.15) is 0 Å². The number of hydrogen-bond donors (Lipinski definition) is 1. The monoisotopic (exact) mass is 298 g/mol. The Bertz CT molecular complexity index is 538. The molecule has 0 radical (unpaired) electrons. The molecular weight excluding hydrogens is 284 g/mol. The molecule has 0 saturated carbocycles. The van der Waals surface area contributed by atoms with Crippen LogP contribution in [0.25, 0.3) is 0 Å². The van der Waals surface area contributed by atoms with Crippen molar-refractivity contribution in [3.05, 3.63) is 39.3 Å². The summed E-state index contributed by atoms with van der Waals surface area (Å²) in [6.45, 7) is 4.32. The van der Waals surface area contributed by atoms with Gasteiger partial charge in [-0.3, -0.25) is 0 Å². The maximum atomic E-state index is 6.13. The first-order chi connectivity index (χ1) is 8.56. The van der Waals surface area contributed by atoms with Gasteiger partial charge in [-0.15, -0.1) is 23.1 Å². The number of nitrogen functional groups attached to an aromatic ring is 1. The third-order valence-electron chi connectivity index (χ3n) is 2.39. The summed E-state index contributed by atoms with van der Waals surface area (Å²) in [5, 5.41) is 4.02. The molecule has 0 saturated heterocycles. The minimum Gasteiger partial charge on any atom is -0.399 e. The normalized spacial score (nSPS) is 11.1. The SMILES string of the molecule is CC(C)c1nc(CSc2ccc(N)cc2Cl)cs1. The zero-order valence-electron chi connectivity index (χ0n) is 10.3. The zero-order chi connectivity index (χ0) is 13.1. The number of thioether (sulfide) groups is 1. The topological polar surface area (TPSA) is 38.9 Å². The molecule has 1 heterocycles.